The molecule has 0 radical (unpaired) electrons. The number of piperidine rings is 1. The average molecular weight is 316 g/mol. The first-order valence-electron chi connectivity index (χ1n) is 8.07. The van der Waals surface area contributed by atoms with E-state index in [0.717, 1.165) is 37.0 Å². The minimum absolute atomic E-state index is 0.0270. The number of anilines is 2. The summed E-state index contributed by atoms with van der Waals surface area (Å²) in [6, 6.07) is 4.11. The van der Waals surface area contributed by atoms with Gasteiger partial charge >= 0.3 is 0 Å². The zero-order chi connectivity index (χ0) is 16.4. The van der Waals surface area contributed by atoms with Crippen LogP contribution in [0.5, 0.6) is 0 Å². The molecule has 1 atom stereocenters. The topological polar surface area (TPSA) is 100 Å². The molecule has 3 rings (SSSR count). The van der Waals surface area contributed by atoms with Crippen molar-refractivity contribution in [3.8, 4) is 0 Å². The first kappa shape index (κ1) is 15.9. The molecule has 1 saturated heterocycles. The molecular formula is C16H24N6O. The predicted molar refractivity (Wildman–Crippen MR) is 91.4 cm³/mol. The second-order valence-corrected chi connectivity index (χ2v) is 6.35. The standard InChI is InChI=1S/C16H24N6O/c1-10(9-23)13-4-3-12-14(17)20-16(21-15(12)19-13)18-11-5-7-22(2)8-6-11/h3-4,10-11,23H,5-9H2,1-2H3,(H3,17,18,19,20,21). The van der Waals surface area contributed by atoms with Gasteiger partial charge in [0.05, 0.1) is 12.0 Å². The van der Waals surface area contributed by atoms with Crippen LogP contribution in [-0.2, 0) is 0 Å². The highest BCUT2D eigenvalue weighted by Gasteiger charge is 2.18. The molecule has 7 heteroatoms. The van der Waals surface area contributed by atoms with Gasteiger partial charge in [-0.1, -0.05) is 6.92 Å². The summed E-state index contributed by atoms with van der Waals surface area (Å²) < 4.78 is 0. The van der Waals surface area contributed by atoms with Gasteiger partial charge in [-0.05, 0) is 45.1 Å². The minimum Gasteiger partial charge on any atom is -0.396 e. The first-order chi connectivity index (χ1) is 11.1. The Morgan fingerprint density at radius 3 is 2.74 bits per heavy atom. The van der Waals surface area contributed by atoms with Crippen molar-refractivity contribution >= 4 is 22.8 Å². The molecule has 1 aliphatic heterocycles. The van der Waals surface area contributed by atoms with Gasteiger partial charge in [0.1, 0.15) is 5.82 Å². The molecule has 0 saturated carbocycles. The lowest BCUT2D eigenvalue weighted by Gasteiger charge is -2.29. The summed E-state index contributed by atoms with van der Waals surface area (Å²) >= 11 is 0. The number of aromatic nitrogens is 3. The van der Waals surface area contributed by atoms with Gasteiger partial charge in [0.15, 0.2) is 5.65 Å². The molecule has 0 aromatic carbocycles. The number of fused-ring (bicyclic) bond motifs is 1. The van der Waals surface area contributed by atoms with E-state index in [1.165, 1.54) is 0 Å². The quantitative estimate of drug-likeness (QED) is 0.779. The van der Waals surface area contributed by atoms with Gasteiger partial charge in [-0.15, -0.1) is 0 Å². The number of nitrogen functional groups attached to an aromatic ring is 1. The Morgan fingerprint density at radius 2 is 2.04 bits per heavy atom. The molecule has 23 heavy (non-hydrogen) atoms. The van der Waals surface area contributed by atoms with Gasteiger partial charge in [-0.3, -0.25) is 0 Å². The van der Waals surface area contributed by atoms with Crippen LogP contribution in [-0.4, -0.2) is 57.7 Å². The van der Waals surface area contributed by atoms with E-state index in [-0.39, 0.29) is 12.5 Å². The highest BCUT2D eigenvalue weighted by atomic mass is 16.3. The lowest BCUT2D eigenvalue weighted by molar-refractivity contribution is 0.263. The number of pyridine rings is 1. The number of aliphatic hydroxyl groups is 1. The van der Waals surface area contributed by atoms with Crippen LogP contribution in [0.25, 0.3) is 11.0 Å². The van der Waals surface area contributed by atoms with Crippen LogP contribution in [0.3, 0.4) is 0 Å². The van der Waals surface area contributed by atoms with Crippen LogP contribution in [0, 0.1) is 0 Å². The van der Waals surface area contributed by atoms with Crippen molar-refractivity contribution in [2.75, 3.05) is 37.8 Å². The van der Waals surface area contributed by atoms with Crippen LogP contribution < -0.4 is 11.1 Å². The number of nitrogens with zero attached hydrogens (tertiary/aromatic N) is 4. The largest absolute Gasteiger partial charge is 0.396 e. The Hall–Kier alpha value is -1.99. The summed E-state index contributed by atoms with van der Waals surface area (Å²) in [6.07, 6.45) is 2.12. The van der Waals surface area contributed by atoms with Gasteiger partial charge in [-0.25, -0.2) is 4.98 Å². The summed E-state index contributed by atoms with van der Waals surface area (Å²) in [5, 5.41) is 13.4. The van der Waals surface area contributed by atoms with E-state index in [2.05, 4.69) is 32.2 Å². The molecule has 7 nitrogen and oxygen atoms in total. The molecule has 1 aliphatic rings. The maximum absolute atomic E-state index is 9.29. The predicted octanol–water partition coefficient (Wildman–Crippen LogP) is 1.21. The van der Waals surface area contributed by atoms with Gasteiger partial charge in [-0.2, -0.15) is 9.97 Å². The number of hydrogen-bond donors (Lipinski definition) is 3. The normalized spacial score (nSPS) is 18.2. The van der Waals surface area contributed by atoms with E-state index in [0.29, 0.717) is 23.5 Å². The van der Waals surface area contributed by atoms with E-state index < -0.39 is 0 Å². The molecule has 0 amide bonds. The fourth-order valence-corrected chi connectivity index (χ4v) is 2.82. The molecule has 3 heterocycles. The third-order valence-corrected chi connectivity index (χ3v) is 4.44. The highest BCUT2D eigenvalue weighted by Crippen LogP contribution is 2.22. The maximum atomic E-state index is 9.29. The second kappa shape index (κ2) is 6.64. The molecule has 124 valence electrons. The molecule has 4 N–H and O–H groups in total. The molecule has 0 bridgehead atoms. The van der Waals surface area contributed by atoms with Crippen LogP contribution in [0.1, 0.15) is 31.4 Å². The Morgan fingerprint density at radius 1 is 1.30 bits per heavy atom. The molecule has 2 aromatic heterocycles. The molecule has 1 fully saturated rings. The summed E-state index contributed by atoms with van der Waals surface area (Å²) in [7, 11) is 2.13. The van der Waals surface area contributed by atoms with Crippen LogP contribution in [0.4, 0.5) is 11.8 Å². The van der Waals surface area contributed by atoms with Crippen molar-refractivity contribution in [3.63, 3.8) is 0 Å². The van der Waals surface area contributed by atoms with Crippen molar-refractivity contribution < 1.29 is 5.11 Å². The van der Waals surface area contributed by atoms with Crippen molar-refractivity contribution in [1.29, 1.82) is 0 Å². The third-order valence-electron chi connectivity index (χ3n) is 4.44. The monoisotopic (exact) mass is 316 g/mol. The fraction of sp³-hybridized carbons (Fsp3) is 0.562. The highest BCUT2D eigenvalue weighted by molar-refractivity contribution is 5.86. The van der Waals surface area contributed by atoms with Crippen molar-refractivity contribution in [2.24, 2.45) is 0 Å². The lowest BCUT2D eigenvalue weighted by atomic mass is 10.1. The smallest absolute Gasteiger partial charge is 0.226 e. The van der Waals surface area contributed by atoms with E-state index in [1.807, 2.05) is 19.1 Å². The summed E-state index contributed by atoms with van der Waals surface area (Å²) in [5.74, 6) is 0.938. The van der Waals surface area contributed by atoms with Crippen molar-refractivity contribution in [3.05, 3.63) is 17.8 Å². The van der Waals surface area contributed by atoms with Gasteiger partial charge in [0.2, 0.25) is 5.95 Å². The second-order valence-electron chi connectivity index (χ2n) is 6.35. The number of hydrogen-bond acceptors (Lipinski definition) is 7. The minimum atomic E-state index is -0.0270. The van der Waals surface area contributed by atoms with Gasteiger partial charge in [0, 0.05) is 17.7 Å². The number of nitrogens with one attached hydrogen (secondary N) is 1. The van der Waals surface area contributed by atoms with Crippen molar-refractivity contribution in [1.82, 2.24) is 19.9 Å². The number of nitrogens with two attached hydrogens (primary N) is 1. The van der Waals surface area contributed by atoms with Crippen LogP contribution >= 0.6 is 0 Å². The summed E-state index contributed by atoms with van der Waals surface area (Å²) in [4.78, 5) is 15.7. The number of likely N-dealkylation sites (tertiary alicyclic amines) is 1. The van der Waals surface area contributed by atoms with Crippen molar-refractivity contribution in [2.45, 2.75) is 31.7 Å². The SMILES string of the molecule is CC(CO)c1ccc2c(N)nc(NC3CCN(C)CC3)nc2n1. The third kappa shape index (κ3) is 3.51. The van der Waals surface area contributed by atoms with E-state index in [9.17, 15) is 5.11 Å². The molecular weight excluding hydrogens is 292 g/mol. The zero-order valence-electron chi connectivity index (χ0n) is 13.7. The average Bonchev–Trinajstić information content (AvgIpc) is 2.55. The van der Waals surface area contributed by atoms with Crippen LogP contribution in [0.15, 0.2) is 12.1 Å². The molecule has 0 aliphatic carbocycles. The van der Waals surface area contributed by atoms with E-state index in [1.54, 1.807) is 0 Å². The van der Waals surface area contributed by atoms with E-state index >= 15 is 0 Å². The Balaban J connectivity index is 1.86. The summed E-state index contributed by atoms with van der Waals surface area (Å²) in [5.41, 5.74) is 7.44. The Kier molecular flexibility index (Phi) is 4.58. The molecule has 0 spiro atoms. The molecule has 2 aromatic rings. The zero-order valence-corrected chi connectivity index (χ0v) is 13.7. The lowest BCUT2D eigenvalue weighted by Crippen LogP contribution is -2.37. The number of aliphatic hydroxyl groups excluding tert-OH is 1. The first-order valence-corrected chi connectivity index (χ1v) is 8.07. The molecule has 1 unspecified atom stereocenters. The van der Waals surface area contributed by atoms with Gasteiger partial charge < -0.3 is 21.1 Å². The fourth-order valence-electron chi connectivity index (χ4n) is 2.82. The van der Waals surface area contributed by atoms with Gasteiger partial charge in [0.25, 0.3) is 0 Å². The Bertz CT molecular complexity index is 684. The van der Waals surface area contributed by atoms with Crippen LogP contribution in [0.2, 0.25) is 0 Å². The van der Waals surface area contributed by atoms with E-state index in [4.69, 9.17) is 5.73 Å². The Labute approximate surface area is 135 Å². The number of rotatable bonds is 4. The summed E-state index contributed by atoms with van der Waals surface area (Å²) in [6.45, 7) is 4.12. The maximum Gasteiger partial charge on any atom is 0.226 e.